The lowest BCUT2D eigenvalue weighted by Crippen LogP contribution is -2.25. The molecule has 106 valence electrons. The number of hydrogen-bond donors (Lipinski definition) is 3. The Hall–Kier alpha value is -2.24. The highest BCUT2D eigenvalue weighted by atomic mass is 16.4. The van der Waals surface area contributed by atoms with Crippen molar-refractivity contribution in [2.45, 2.75) is 31.7 Å². The molecule has 0 aliphatic heterocycles. The molecule has 0 spiro atoms. The zero-order valence-corrected chi connectivity index (χ0v) is 11.2. The summed E-state index contributed by atoms with van der Waals surface area (Å²) < 4.78 is 5.53. The van der Waals surface area contributed by atoms with E-state index < -0.39 is 0 Å². The minimum atomic E-state index is 0.125. The normalized spacial score (nSPS) is 14.4. The molecule has 1 fully saturated rings. The number of amides is 1. The van der Waals surface area contributed by atoms with Crippen LogP contribution in [0.15, 0.2) is 22.6 Å². The molecule has 1 aromatic carbocycles. The summed E-state index contributed by atoms with van der Waals surface area (Å²) in [6.07, 6.45) is 3.52. The van der Waals surface area contributed by atoms with Gasteiger partial charge < -0.3 is 20.8 Å². The number of carbonyl (C=O) groups is 1. The van der Waals surface area contributed by atoms with Gasteiger partial charge in [-0.2, -0.15) is 4.98 Å². The lowest BCUT2D eigenvalue weighted by Gasteiger charge is -2.03. The summed E-state index contributed by atoms with van der Waals surface area (Å²) in [6.45, 7) is 0.653. The fourth-order valence-corrected chi connectivity index (χ4v) is 1.99. The third-order valence-corrected chi connectivity index (χ3v) is 3.21. The van der Waals surface area contributed by atoms with Crippen LogP contribution in [0.2, 0.25) is 0 Å². The van der Waals surface area contributed by atoms with Gasteiger partial charge in [-0.15, -0.1) is 0 Å². The first-order valence-corrected chi connectivity index (χ1v) is 6.90. The fourth-order valence-electron chi connectivity index (χ4n) is 1.99. The van der Waals surface area contributed by atoms with E-state index in [4.69, 9.17) is 10.2 Å². The summed E-state index contributed by atoms with van der Waals surface area (Å²) >= 11 is 0. The Morgan fingerprint density at radius 3 is 3.10 bits per heavy atom. The van der Waals surface area contributed by atoms with Gasteiger partial charge in [0, 0.05) is 30.8 Å². The first kappa shape index (κ1) is 12.8. The van der Waals surface area contributed by atoms with Crippen LogP contribution in [-0.2, 0) is 4.79 Å². The van der Waals surface area contributed by atoms with Crippen molar-refractivity contribution >= 4 is 28.7 Å². The average Bonchev–Trinajstić information content (AvgIpc) is 3.12. The number of anilines is 2. The largest absolute Gasteiger partial charge is 0.423 e. The second-order valence-corrected chi connectivity index (χ2v) is 5.12. The number of nitrogen functional groups attached to an aromatic ring is 1. The summed E-state index contributed by atoms with van der Waals surface area (Å²) in [5.41, 5.74) is 7.77. The lowest BCUT2D eigenvalue weighted by atomic mass is 10.3. The molecule has 20 heavy (non-hydrogen) atoms. The van der Waals surface area contributed by atoms with E-state index >= 15 is 0 Å². The Morgan fingerprint density at radius 1 is 1.45 bits per heavy atom. The average molecular weight is 274 g/mol. The van der Waals surface area contributed by atoms with Gasteiger partial charge in [-0.25, -0.2) is 0 Å². The zero-order valence-electron chi connectivity index (χ0n) is 11.2. The molecule has 1 aliphatic carbocycles. The van der Waals surface area contributed by atoms with Crippen molar-refractivity contribution in [3.05, 3.63) is 18.2 Å². The molecule has 1 saturated carbocycles. The Bertz CT molecular complexity index is 619. The summed E-state index contributed by atoms with van der Waals surface area (Å²) in [4.78, 5) is 15.8. The summed E-state index contributed by atoms with van der Waals surface area (Å²) in [5, 5.41) is 6.04. The summed E-state index contributed by atoms with van der Waals surface area (Å²) in [6, 6.07) is 6.25. The number of oxazole rings is 1. The van der Waals surface area contributed by atoms with Crippen molar-refractivity contribution in [3.8, 4) is 0 Å². The van der Waals surface area contributed by atoms with Gasteiger partial charge in [-0.3, -0.25) is 4.79 Å². The third kappa shape index (κ3) is 3.20. The Morgan fingerprint density at radius 2 is 2.30 bits per heavy atom. The molecule has 1 amide bonds. The molecule has 1 aliphatic rings. The second kappa shape index (κ2) is 5.40. The highest BCUT2D eigenvalue weighted by Crippen LogP contribution is 2.21. The van der Waals surface area contributed by atoms with Crippen LogP contribution in [0.25, 0.3) is 11.1 Å². The van der Waals surface area contributed by atoms with E-state index in [-0.39, 0.29) is 5.91 Å². The van der Waals surface area contributed by atoms with E-state index in [1.807, 2.05) is 6.07 Å². The minimum absolute atomic E-state index is 0.125. The molecule has 1 aromatic heterocycles. The zero-order chi connectivity index (χ0) is 13.9. The van der Waals surface area contributed by atoms with Crippen molar-refractivity contribution in [1.29, 1.82) is 0 Å². The molecule has 0 atom stereocenters. The number of nitrogens with zero attached hydrogens (tertiary/aromatic N) is 1. The molecule has 6 heteroatoms. The first-order chi connectivity index (χ1) is 9.70. The maximum Gasteiger partial charge on any atom is 0.295 e. The van der Waals surface area contributed by atoms with E-state index in [0.717, 1.165) is 24.8 Å². The number of rotatable bonds is 6. The molecular weight excluding hydrogens is 256 g/mol. The molecule has 4 N–H and O–H groups in total. The number of fused-ring (bicyclic) bond motifs is 1. The van der Waals surface area contributed by atoms with Crippen LogP contribution in [-0.4, -0.2) is 23.5 Å². The molecule has 6 nitrogen and oxygen atoms in total. The molecule has 0 bridgehead atoms. The molecule has 3 rings (SSSR count). The van der Waals surface area contributed by atoms with E-state index in [1.54, 1.807) is 12.1 Å². The van der Waals surface area contributed by atoms with Crippen LogP contribution >= 0.6 is 0 Å². The van der Waals surface area contributed by atoms with Gasteiger partial charge in [0.05, 0.1) is 0 Å². The highest BCUT2D eigenvalue weighted by molar-refractivity contribution is 5.78. The van der Waals surface area contributed by atoms with Crippen molar-refractivity contribution < 1.29 is 9.21 Å². The predicted octanol–water partition coefficient (Wildman–Crippen LogP) is 1.88. The topological polar surface area (TPSA) is 93.2 Å². The van der Waals surface area contributed by atoms with Gasteiger partial charge in [0.25, 0.3) is 6.01 Å². The first-order valence-electron chi connectivity index (χ1n) is 6.90. The van der Waals surface area contributed by atoms with E-state index in [0.29, 0.717) is 36.3 Å². The van der Waals surface area contributed by atoms with Crippen LogP contribution < -0.4 is 16.4 Å². The standard InChI is InChI=1S/C14H18N4O2/c15-9-3-6-11-12(8-9)20-14(18-11)16-7-1-2-13(19)17-10-4-5-10/h3,6,8,10H,1-2,4-5,7,15H2,(H,16,18)(H,17,19). The van der Waals surface area contributed by atoms with Crippen LogP contribution in [0, 0.1) is 0 Å². The number of nitrogens with one attached hydrogen (secondary N) is 2. The Balaban J connectivity index is 1.45. The number of carbonyl (C=O) groups excluding carboxylic acids is 1. The summed E-state index contributed by atoms with van der Waals surface area (Å²) in [7, 11) is 0. The van der Waals surface area contributed by atoms with Gasteiger partial charge in [0.2, 0.25) is 5.91 Å². The Labute approximate surface area is 116 Å². The Kier molecular flexibility index (Phi) is 3.45. The fraction of sp³-hybridized carbons (Fsp3) is 0.429. The van der Waals surface area contributed by atoms with Crippen LogP contribution in [0.3, 0.4) is 0 Å². The second-order valence-electron chi connectivity index (χ2n) is 5.12. The summed E-state index contributed by atoms with van der Waals surface area (Å²) in [5.74, 6) is 0.125. The van der Waals surface area contributed by atoms with Crippen molar-refractivity contribution in [2.75, 3.05) is 17.6 Å². The maximum absolute atomic E-state index is 11.5. The number of aromatic nitrogens is 1. The van der Waals surface area contributed by atoms with Crippen LogP contribution in [0.5, 0.6) is 0 Å². The smallest absolute Gasteiger partial charge is 0.295 e. The molecule has 2 aromatic rings. The van der Waals surface area contributed by atoms with Gasteiger partial charge in [-0.05, 0) is 31.4 Å². The van der Waals surface area contributed by atoms with Crippen molar-refractivity contribution in [2.24, 2.45) is 0 Å². The lowest BCUT2D eigenvalue weighted by molar-refractivity contribution is -0.121. The predicted molar refractivity (Wildman–Crippen MR) is 77.3 cm³/mol. The minimum Gasteiger partial charge on any atom is -0.423 e. The quantitative estimate of drug-likeness (QED) is 0.552. The van der Waals surface area contributed by atoms with Crippen LogP contribution in [0.1, 0.15) is 25.7 Å². The SMILES string of the molecule is Nc1ccc2nc(NCCCC(=O)NC3CC3)oc2c1. The molecule has 0 radical (unpaired) electrons. The van der Waals surface area contributed by atoms with Gasteiger partial charge in [-0.1, -0.05) is 0 Å². The van der Waals surface area contributed by atoms with E-state index in [2.05, 4.69) is 15.6 Å². The third-order valence-electron chi connectivity index (χ3n) is 3.21. The molecule has 0 unspecified atom stereocenters. The number of benzene rings is 1. The maximum atomic E-state index is 11.5. The monoisotopic (exact) mass is 274 g/mol. The van der Waals surface area contributed by atoms with Crippen molar-refractivity contribution in [1.82, 2.24) is 10.3 Å². The molecule has 0 saturated heterocycles. The molecular formula is C14H18N4O2. The van der Waals surface area contributed by atoms with E-state index in [1.165, 1.54) is 0 Å². The van der Waals surface area contributed by atoms with Gasteiger partial charge in [0.1, 0.15) is 5.52 Å². The molecule has 1 heterocycles. The van der Waals surface area contributed by atoms with Crippen LogP contribution in [0.4, 0.5) is 11.7 Å². The number of hydrogen-bond acceptors (Lipinski definition) is 5. The van der Waals surface area contributed by atoms with Gasteiger partial charge >= 0.3 is 0 Å². The highest BCUT2D eigenvalue weighted by Gasteiger charge is 2.22. The number of nitrogens with two attached hydrogens (primary N) is 1. The van der Waals surface area contributed by atoms with Gasteiger partial charge in [0.15, 0.2) is 5.58 Å². The van der Waals surface area contributed by atoms with Crippen molar-refractivity contribution in [3.63, 3.8) is 0 Å². The van der Waals surface area contributed by atoms with E-state index in [9.17, 15) is 4.79 Å².